The topological polar surface area (TPSA) is 79.5 Å². The average molecular weight is 340 g/mol. The molecule has 1 aromatic rings. The second-order valence-electron chi connectivity index (χ2n) is 5.43. The maximum Gasteiger partial charge on any atom is 0.314 e. The van der Waals surface area contributed by atoms with Crippen LogP contribution < -0.4 is 16.0 Å². The van der Waals surface area contributed by atoms with Crippen molar-refractivity contribution in [1.82, 2.24) is 10.6 Å². The van der Waals surface area contributed by atoms with Gasteiger partial charge in [0.1, 0.15) is 0 Å². The van der Waals surface area contributed by atoms with Crippen LogP contribution in [-0.4, -0.2) is 37.7 Å². The van der Waals surface area contributed by atoms with Crippen molar-refractivity contribution >= 4 is 29.2 Å². The number of carbonyl (C=O) groups excluding carboxylic acids is 2. The fourth-order valence-electron chi connectivity index (χ4n) is 2.28. The Balaban J connectivity index is 1.53. The van der Waals surface area contributed by atoms with Crippen LogP contribution in [0.25, 0.3) is 0 Å². The number of benzene rings is 1. The number of halogens is 1. The van der Waals surface area contributed by atoms with Gasteiger partial charge in [-0.2, -0.15) is 0 Å². The quantitative estimate of drug-likeness (QED) is 0.668. The van der Waals surface area contributed by atoms with E-state index in [4.69, 9.17) is 16.3 Å². The first kappa shape index (κ1) is 17.6. The number of rotatable bonds is 7. The van der Waals surface area contributed by atoms with Gasteiger partial charge in [0.25, 0.3) is 0 Å². The first-order chi connectivity index (χ1) is 11.1. The second-order valence-corrected chi connectivity index (χ2v) is 5.87. The molecule has 1 heterocycles. The molecule has 6 nitrogen and oxygen atoms in total. The van der Waals surface area contributed by atoms with E-state index in [-0.39, 0.29) is 18.0 Å². The molecule has 3 amide bonds. The summed E-state index contributed by atoms with van der Waals surface area (Å²) in [6, 6.07) is 6.71. The van der Waals surface area contributed by atoms with Gasteiger partial charge in [-0.05, 0) is 43.5 Å². The van der Waals surface area contributed by atoms with Crippen LogP contribution in [0.2, 0.25) is 5.02 Å². The van der Waals surface area contributed by atoms with E-state index in [1.165, 1.54) is 0 Å². The number of urea groups is 1. The molecule has 3 N–H and O–H groups in total. The van der Waals surface area contributed by atoms with E-state index in [9.17, 15) is 9.59 Å². The Kier molecular flexibility index (Phi) is 7.16. The van der Waals surface area contributed by atoms with E-state index in [0.717, 1.165) is 19.4 Å². The number of ether oxygens (including phenoxy) is 1. The van der Waals surface area contributed by atoms with E-state index in [1.54, 1.807) is 24.3 Å². The summed E-state index contributed by atoms with van der Waals surface area (Å²) in [5.41, 5.74) is 0.710. The smallest absolute Gasteiger partial charge is 0.314 e. The van der Waals surface area contributed by atoms with Crippen LogP contribution in [0.5, 0.6) is 0 Å². The van der Waals surface area contributed by atoms with Crippen LogP contribution in [0.1, 0.15) is 25.7 Å². The lowest BCUT2D eigenvalue weighted by molar-refractivity contribution is -0.116. The Morgan fingerprint density at radius 2 is 2.00 bits per heavy atom. The second kappa shape index (κ2) is 9.37. The van der Waals surface area contributed by atoms with Crippen LogP contribution in [0, 0.1) is 0 Å². The lowest BCUT2D eigenvalue weighted by Gasteiger charge is -2.11. The van der Waals surface area contributed by atoms with Gasteiger partial charge in [0.15, 0.2) is 0 Å². The molecule has 0 unspecified atom stereocenters. The van der Waals surface area contributed by atoms with Crippen LogP contribution in [0.3, 0.4) is 0 Å². The molecule has 0 spiro atoms. The molecule has 0 aliphatic carbocycles. The highest BCUT2D eigenvalue weighted by atomic mass is 35.5. The van der Waals surface area contributed by atoms with Crippen molar-refractivity contribution in [2.45, 2.75) is 31.8 Å². The molecule has 1 atom stereocenters. The third-order valence-electron chi connectivity index (χ3n) is 3.51. The molecular weight excluding hydrogens is 318 g/mol. The van der Waals surface area contributed by atoms with Crippen molar-refractivity contribution in [2.75, 3.05) is 25.0 Å². The monoisotopic (exact) mass is 339 g/mol. The molecule has 0 aromatic heterocycles. The SMILES string of the molecule is O=C(CCCNC(=O)NC[C@@H]1CCCO1)Nc1ccc(Cl)cc1. The van der Waals surface area contributed by atoms with E-state index < -0.39 is 0 Å². The molecular formula is C16H22ClN3O3. The summed E-state index contributed by atoms with van der Waals surface area (Å²) in [7, 11) is 0. The first-order valence-corrected chi connectivity index (χ1v) is 8.20. The van der Waals surface area contributed by atoms with Crippen LogP contribution in [-0.2, 0) is 9.53 Å². The number of anilines is 1. The molecule has 1 aliphatic rings. The molecule has 0 saturated carbocycles. The lowest BCUT2D eigenvalue weighted by Crippen LogP contribution is -2.40. The summed E-state index contributed by atoms with van der Waals surface area (Å²) in [6.07, 6.45) is 3.09. The standard InChI is InChI=1S/C16H22ClN3O3/c17-12-5-7-13(8-6-12)20-15(21)4-1-9-18-16(22)19-11-14-3-2-10-23-14/h5-8,14H,1-4,9-11H2,(H,20,21)(H2,18,19,22)/t14-/m0/s1. The molecule has 1 aliphatic heterocycles. The number of nitrogens with one attached hydrogen (secondary N) is 3. The van der Waals surface area contributed by atoms with Crippen molar-refractivity contribution in [2.24, 2.45) is 0 Å². The van der Waals surface area contributed by atoms with Crippen molar-refractivity contribution in [1.29, 1.82) is 0 Å². The highest BCUT2D eigenvalue weighted by Gasteiger charge is 2.15. The fourth-order valence-corrected chi connectivity index (χ4v) is 2.41. The number of hydrogen-bond acceptors (Lipinski definition) is 3. The predicted molar refractivity (Wildman–Crippen MR) is 89.7 cm³/mol. The average Bonchev–Trinajstić information content (AvgIpc) is 3.05. The van der Waals surface area contributed by atoms with E-state index in [2.05, 4.69) is 16.0 Å². The minimum atomic E-state index is -0.224. The van der Waals surface area contributed by atoms with Crippen molar-refractivity contribution in [3.8, 4) is 0 Å². The predicted octanol–water partition coefficient (Wildman–Crippen LogP) is 2.54. The Morgan fingerprint density at radius 1 is 1.22 bits per heavy atom. The number of hydrogen-bond donors (Lipinski definition) is 3. The Morgan fingerprint density at radius 3 is 2.70 bits per heavy atom. The van der Waals surface area contributed by atoms with Gasteiger partial charge in [-0.25, -0.2) is 4.79 Å². The maximum atomic E-state index is 11.8. The van der Waals surface area contributed by atoms with Gasteiger partial charge in [0.2, 0.25) is 5.91 Å². The molecule has 0 bridgehead atoms. The van der Waals surface area contributed by atoms with Gasteiger partial charge in [0.05, 0.1) is 6.10 Å². The first-order valence-electron chi connectivity index (χ1n) is 7.82. The fraction of sp³-hybridized carbons (Fsp3) is 0.500. The molecule has 1 saturated heterocycles. The summed E-state index contributed by atoms with van der Waals surface area (Å²) >= 11 is 5.78. The van der Waals surface area contributed by atoms with Gasteiger partial charge in [-0.3, -0.25) is 4.79 Å². The van der Waals surface area contributed by atoms with E-state index in [0.29, 0.717) is 36.6 Å². The van der Waals surface area contributed by atoms with Crippen LogP contribution in [0.4, 0.5) is 10.5 Å². The van der Waals surface area contributed by atoms with Crippen LogP contribution in [0.15, 0.2) is 24.3 Å². The normalized spacial score (nSPS) is 16.8. The van der Waals surface area contributed by atoms with Crippen LogP contribution >= 0.6 is 11.6 Å². The molecule has 0 radical (unpaired) electrons. The number of amides is 3. The largest absolute Gasteiger partial charge is 0.376 e. The van der Waals surface area contributed by atoms with Gasteiger partial charge in [0, 0.05) is 36.8 Å². The summed E-state index contributed by atoms with van der Waals surface area (Å²) in [6.45, 7) is 1.75. The molecule has 2 rings (SSSR count). The summed E-state index contributed by atoms with van der Waals surface area (Å²) in [5.74, 6) is -0.0890. The third-order valence-corrected chi connectivity index (χ3v) is 3.76. The van der Waals surface area contributed by atoms with E-state index >= 15 is 0 Å². The Bertz CT molecular complexity index is 516. The van der Waals surface area contributed by atoms with Crippen molar-refractivity contribution < 1.29 is 14.3 Å². The van der Waals surface area contributed by atoms with Gasteiger partial charge < -0.3 is 20.7 Å². The van der Waals surface area contributed by atoms with Gasteiger partial charge >= 0.3 is 6.03 Å². The summed E-state index contributed by atoms with van der Waals surface area (Å²) < 4.78 is 5.42. The molecule has 7 heteroatoms. The van der Waals surface area contributed by atoms with Crippen molar-refractivity contribution in [3.05, 3.63) is 29.3 Å². The molecule has 126 valence electrons. The highest BCUT2D eigenvalue weighted by molar-refractivity contribution is 6.30. The number of carbonyl (C=O) groups is 2. The summed E-state index contributed by atoms with van der Waals surface area (Å²) in [4.78, 5) is 23.3. The molecule has 23 heavy (non-hydrogen) atoms. The van der Waals surface area contributed by atoms with Gasteiger partial charge in [-0.15, -0.1) is 0 Å². The third kappa shape index (κ3) is 6.88. The Labute approximate surface area is 140 Å². The maximum absolute atomic E-state index is 11.8. The minimum Gasteiger partial charge on any atom is -0.376 e. The zero-order chi connectivity index (χ0) is 16.5. The van der Waals surface area contributed by atoms with Crippen molar-refractivity contribution in [3.63, 3.8) is 0 Å². The zero-order valence-electron chi connectivity index (χ0n) is 12.9. The molecule has 1 fully saturated rings. The lowest BCUT2D eigenvalue weighted by atomic mass is 10.2. The minimum absolute atomic E-state index is 0.0890. The summed E-state index contributed by atoms with van der Waals surface area (Å²) in [5, 5.41) is 8.90. The zero-order valence-corrected chi connectivity index (χ0v) is 13.7. The van der Waals surface area contributed by atoms with Gasteiger partial charge in [-0.1, -0.05) is 11.6 Å². The molecule has 1 aromatic carbocycles. The van der Waals surface area contributed by atoms with E-state index in [1.807, 2.05) is 0 Å². The Hall–Kier alpha value is -1.79. The highest BCUT2D eigenvalue weighted by Crippen LogP contribution is 2.13.